The monoisotopic (exact) mass is 393 g/mol. The summed E-state index contributed by atoms with van der Waals surface area (Å²) >= 11 is 3.48. The summed E-state index contributed by atoms with van der Waals surface area (Å²) in [6.07, 6.45) is 0. The van der Waals surface area contributed by atoms with Gasteiger partial charge in [-0.1, -0.05) is 18.2 Å². The molecule has 0 radical (unpaired) electrons. The van der Waals surface area contributed by atoms with Crippen LogP contribution < -0.4 is 10.1 Å². The maximum Gasteiger partial charge on any atom is 0.344 e. The molecule has 1 amide bonds. The molecule has 0 aliphatic carbocycles. The molecule has 140 valence electrons. The summed E-state index contributed by atoms with van der Waals surface area (Å²) in [6.45, 7) is 3.95. The quantitative estimate of drug-likeness (QED) is 0.495. The number of nitrogens with one attached hydrogen (secondary N) is 1. The minimum atomic E-state index is -0.562. The molecule has 5 nitrogen and oxygen atoms in total. The molecule has 26 heavy (non-hydrogen) atoms. The zero-order valence-corrected chi connectivity index (χ0v) is 16.6. The Balaban J connectivity index is 1.55. The molecule has 0 spiro atoms. The molecular formula is C19H23NO4S2. The molecule has 0 aliphatic rings. The third-order valence-electron chi connectivity index (χ3n) is 3.66. The van der Waals surface area contributed by atoms with Crippen LogP contribution in [-0.2, 0) is 20.1 Å². The molecule has 0 atom stereocenters. The first kappa shape index (κ1) is 20.3. The van der Waals surface area contributed by atoms with E-state index in [2.05, 4.69) is 16.8 Å². The van der Waals surface area contributed by atoms with Gasteiger partial charge in [-0.25, -0.2) is 4.79 Å². The largest absolute Gasteiger partial charge is 0.482 e. The molecule has 1 aromatic heterocycles. The first-order valence-electron chi connectivity index (χ1n) is 8.27. The van der Waals surface area contributed by atoms with E-state index in [1.165, 1.54) is 4.88 Å². The van der Waals surface area contributed by atoms with Crippen molar-refractivity contribution in [3.05, 3.63) is 51.7 Å². The van der Waals surface area contributed by atoms with Crippen LogP contribution in [0.5, 0.6) is 5.75 Å². The van der Waals surface area contributed by atoms with Crippen LogP contribution in [0.25, 0.3) is 0 Å². The highest BCUT2D eigenvalue weighted by molar-refractivity contribution is 7.98. The maximum atomic E-state index is 11.7. The number of ether oxygens (including phenoxy) is 2. The van der Waals surface area contributed by atoms with Crippen LogP contribution in [-0.4, -0.2) is 37.4 Å². The second-order valence-electron chi connectivity index (χ2n) is 5.63. The van der Waals surface area contributed by atoms with E-state index in [1.54, 1.807) is 29.2 Å². The van der Waals surface area contributed by atoms with E-state index in [4.69, 9.17) is 9.47 Å². The highest BCUT2D eigenvalue weighted by Gasteiger charge is 2.09. The maximum absolute atomic E-state index is 11.7. The number of thioether (sulfide) groups is 1. The van der Waals surface area contributed by atoms with Crippen molar-refractivity contribution in [3.8, 4) is 5.75 Å². The Morgan fingerprint density at radius 2 is 2.00 bits per heavy atom. The lowest BCUT2D eigenvalue weighted by Gasteiger charge is -2.10. The molecule has 0 saturated heterocycles. The molecule has 2 rings (SSSR count). The highest BCUT2D eigenvalue weighted by Crippen LogP contribution is 2.20. The highest BCUT2D eigenvalue weighted by atomic mass is 32.2. The summed E-state index contributed by atoms with van der Waals surface area (Å²) in [7, 11) is 0. The lowest BCUT2D eigenvalue weighted by Crippen LogP contribution is -2.31. The number of hydrogen-bond acceptors (Lipinski definition) is 6. The molecule has 0 fully saturated rings. The summed E-state index contributed by atoms with van der Waals surface area (Å²) in [5.41, 5.74) is 2.07. The molecule has 1 aromatic carbocycles. The Hall–Kier alpha value is -1.99. The fourth-order valence-corrected chi connectivity index (χ4v) is 3.79. The van der Waals surface area contributed by atoms with E-state index in [-0.39, 0.29) is 19.1 Å². The number of carbonyl (C=O) groups is 2. The van der Waals surface area contributed by atoms with Gasteiger partial charge in [-0.15, -0.1) is 11.3 Å². The van der Waals surface area contributed by atoms with Crippen LogP contribution in [0.2, 0.25) is 0 Å². The Kier molecular flexibility index (Phi) is 8.50. The first-order valence-corrected chi connectivity index (χ1v) is 10.3. The van der Waals surface area contributed by atoms with E-state index >= 15 is 0 Å². The smallest absolute Gasteiger partial charge is 0.344 e. The van der Waals surface area contributed by atoms with Crippen LogP contribution in [0, 0.1) is 13.8 Å². The zero-order chi connectivity index (χ0) is 18.8. The van der Waals surface area contributed by atoms with Gasteiger partial charge in [-0.3, -0.25) is 4.79 Å². The van der Waals surface area contributed by atoms with Crippen molar-refractivity contribution >= 4 is 35.0 Å². The number of benzene rings is 1. The minimum absolute atomic E-state index is 0.214. The fourth-order valence-electron chi connectivity index (χ4n) is 2.09. The van der Waals surface area contributed by atoms with Gasteiger partial charge < -0.3 is 14.8 Å². The zero-order valence-electron chi connectivity index (χ0n) is 14.9. The van der Waals surface area contributed by atoms with Gasteiger partial charge in [-0.05, 0) is 42.5 Å². The normalized spacial score (nSPS) is 10.4. The molecule has 2 aromatic rings. The molecule has 0 unspecified atom stereocenters. The van der Waals surface area contributed by atoms with E-state index in [0.717, 1.165) is 22.6 Å². The van der Waals surface area contributed by atoms with Crippen molar-refractivity contribution in [2.24, 2.45) is 0 Å². The van der Waals surface area contributed by atoms with Crippen molar-refractivity contribution in [1.82, 2.24) is 5.32 Å². The summed E-state index contributed by atoms with van der Waals surface area (Å²) in [6, 6.07) is 9.77. The molecular weight excluding hydrogens is 370 g/mol. The van der Waals surface area contributed by atoms with Crippen LogP contribution in [0.1, 0.15) is 16.0 Å². The lowest BCUT2D eigenvalue weighted by atomic mass is 10.1. The minimum Gasteiger partial charge on any atom is -0.482 e. The van der Waals surface area contributed by atoms with Gasteiger partial charge in [0.15, 0.2) is 13.2 Å². The lowest BCUT2D eigenvalue weighted by molar-refractivity contribution is -0.150. The fraction of sp³-hybridized carbons (Fsp3) is 0.368. The third-order valence-corrected chi connectivity index (χ3v) is 5.72. The Bertz CT molecular complexity index is 716. The van der Waals surface area contributed by atoms with Gasteiger partial charge in [0.05, 0.1) is 0 Å². The average molecular weight is 394 g/mol. The SMILES string of the molecule is Cc1cccc(OCC(=O)OCC(=O)NCCSCc2cccs2)c1C. The van der Waals surface area contributed by atoms with Crippen LogP contribution in [0.3, 0.4) is 0 Å². The molecule has 7 heteroatoms. The van der Waals surface area contributed by atoms with Gasteiger partial charge in [0.25, 0.3) is 5.91 Å². The first-order chi connectivity index (χ1) is 12.6. The standard InChI is InChI=1S/C19H23NO4S2/c1-14-5-3-7-17(15(14)2)23-12-19(22)24-11-18(21)20-8-10-25-13-16-6-4-9-26-16/h3-7,9H,8,10-13H2,1-2H3,(H,20,21). The van der Waals surface area contributed by atoms with E-state index in [1.807, 2.05) is 32.0 Å². The summed E-state index contributed by atoms with van der Waals surface area (Å²) < 4.78 is 10.4. The predicted molar refractivity (Wildman–Crippen MR) is 106 cm³/mol. The van der Waals surface area contributed by atoms with E-state index in [9.17, 15) is 9.59 Å². The molecule has 1 heterocycles. The van der Waals surface area contributed by atoms with E-state index < -0.39 is 5.97 Å². The molecule has 0 aliphatic heterocycles. The number of hydrogen-bond donors (Lipinski definition) is 1. The van der Waals surface area contributed by atoms with Crippen LogP contribution in [0.15, 0.2) is 35.7 Å². The van der Waals surface area contributed by atoms with Gasteiger partial charge in [0.1, 0.15) is 5.75 Å². The summed E-state index contributed by atoms with van der Waals surface area (Å²) in [5.74, 6) is 1.54. The number of carbonyl (C=O) groups excluding carboxylic acids is 2. The Labute approximate surface area is 162 Å². The second kappa shape index (κ2) is 10.9. The number of rotatable bonds is 10. The van der Waals surface area contributed by atoms with E-state index in [0.29, 0.717) is 12.3 Å². The van der Waals surface area contributed by atoms with Crippen molar-refractivity contribution in [1.29, 1.82) is 0 Å². The number of thiophene rings is 1. The second-order valence-corrected chi connectivity index (χ2v) is 7.77. The van der Waals surface area contributed by atoms with Crippen molar-refractivity contribution in [2.45, 2.75) is 19.6 Å². The Morgan fingerprint density at radius 1 is 1.15 bits per heavy atom. The van der Waals surface area contributed by atoms with Crippen molar-refractivity contribution < 1.29 is 19.1 Å². The summed E-state index contributed by atoms with van der Waals surface area (Å²) in [5, 5.41) is 4.79. The van der Waals surface area contributed by atoms with Gasteiger partial charge >= 0.3 is 5.97 Å². The van der Waals surface area contributed by atoms with Crippen LogP contribution in [0.4, 0.5) is 0 Å². The average Bonchev–Trinajstić information content (AvgIpc) is 3.14. The topological polar surface area (TPSA) is 64.6 Å². The molecule has 0 saturated carbocycles. The summed E-state index contributed by atoms with van der Waals surface area (Å²) in [4.78, 5) is 24.7. The van der Waals surface area contributed by atoms with Gasteiger partial charge in [-0.2, -0.15) is 11.8 Å². The Morgan fingerprint density at radius 3 is 2.77 bits per heavy atom. The number of esters is 1. The van der Waals surface area contributed by atoms with Gasteiger partial charge in [0, 0.05) is 22.9 Å². The molecule has 1 N–H and O–H groups in total. The number of aryl methyl sites for hydroxylation is 1. The third kappa shape index (κ3) is 7.09. The van der Waals surface area contributed by atoms with Crippen LogP contribution >= 0.6 is 23.1 Å². The van der Waals surface area contributed by atoms with Crippen molar-refractivity contribution in [3.63, 3.8) is 0 Å². The molecule has 0 bridgehead atoms. The predicted octanol–water partition coefficient (Wildman–Crippen LogP) is 3.34. The number of amides is 1. The van der Waals surface area contributed by atoms with Gasteiger partial charge in [0.2, 0.25) is 0 Å². The van der Waals surface area contributed by atoms with Crippen molar-refractivity contribution in [2.75, 3.05) is 25.5 Å².